The van der Waals surface area contributed by atoms with Crippen molar-refractivity contribution < 1.29 is 21.6 Å². The van der Waals surface area contributed by atoms with Gasteiger partial charge in [-0.2, -0.15) is 8.78 Å². The first-order valence-corrected chi connectivity index (χ1v) is 8.75. The van der Waals surface area contributed by atoms with E-state index in [4.69, 9.17) is 0 Å². The molecule has 120 valence electrons. The van der Waals surface area contributed by atoms with Gasteiger partial charge < -0.3 is 0 Å². The lowest BCUT2D eigenvalue weighted by Crippen LogP contribution is -2.35. The van der Waals surface area contributed by atoms with Crippen LogP contribution in [-0.4, -0.2) is 36.8 Å². The molecular weight excluding hydrogens is 363 g/mol. The Labute approximate surface area is 133 Å². The molecule has 2 rings (SSSR count). The van der Waals surface area contributed by atoms with Crippen LogP contribution in [0.15, 0.2) is 44.4 Å². The summed E-state index contributed by atoms with van der Waals surface area (Å²) in [4.78, 5) is 3.27. The van der Waals surface area contributed by atoms with Crippen molar-refractivity contribution in [3.63, 3.8) is 0 Å². The highest BCUT2D eigenvalue weighted by atomic mass is 35.5. The number of nitrogens with zero attached hydrogens (tertiary/aromatic N) is 3. The van der Waals surface area contributed by atoms with Gasteiger partial charge in [-0.1, -0.05) is 23.4 Å². The Morgan fingerprint density at radius 1 is 1.27 bits per heavy atom. The summed E-state index contributed by atoms with van der Waals surface area (Å²) in [5.74, 6) is 0.809. The summed E-state index contributed by atoms with van der Waals surface area (Å²) in [5.41, 5.74) is -3.09. The molecule has 1 aromatic carbocycles. The number of azo groups is 1. The average Bonchev–Trinajstić information content (AvgIpc) is 2.98. The molecule has 1 heterocycles. The first kappa shape index (κ1) is 17.2. The van der Waals surface area contributed by atoms with Gasteiger partial charge in [0, 0.05) is 5.75 Å². The Morgan fingerprint density at radius 2 is 1.91 bits per heavy atom. The SMILES string of the molecule is O=S(=O)(c1ccc(/N=N/C2=NCCS2)cc1)C(F)(F)C(F)Cl. The predicted octanol–water partition coefficient (Wildman–Crippen LogP) is 3.77. The van der Waals surface area contributed by atoms with Gasteiger partial charge in [0.05, 0.1) is 17.1 Å². The third kappa shape index (κ3) is 3.44. The number of benzene rings is 1. The topological polar surface area (TPSA) is 71.2 Å². The minimum Gasteiger partial charge on any atom is -0.258 e. The molecule has 0 saturated heterocycles. The highest BCUT2D eigenvalue weighted by Crippen LogP contribution is 2.36. The van der Waals surface area contributed by atoms with E-state index in [1.807, 2.05) is 0 Å². The fourth-order valence-electron chi connectivity index (χ4n) is 1.45. The van der Waals surface area contributed by atoms with Gasteiger partial charge in [0.25, 0.3) is 5.63 Å². The van der Waals surface area contributed by atoms with Crippen molar-refractivity contribution in [2.45, 2.75) is 15.8 Å². The number of thioether (sulfide) groups is 1. The highest BCUT2D eigenvalue weighted by Gasteiger charge is 2.53. The molecule has 0 aliphatic carbocycles. The normalized spacial score (nSPS) is 17.7. The van der Waals surface area contributed by atoms with Crippen molar-refractivity contribution >= 4 is 44.1 Å². The average molecular weight is 372 g/mol. The molecule has 1 unspecified atom stereocenters. The maximum absolute atomic E-state index is 13.3. The maximum atomic E-state index is 13.3. The van der Waals surface area contributed by atoms with Gasteiger partial charge in [-0.3, -0.25) is 4.99 Å². The quantitative estimate of drug-likeness (QED) is 0.597. The molecular formula is C11H9ClF3N3O2S2. The van der Waals surface area contributed by atoms with Crippen molar-refractivity contribution in [3.05, 3.63) is 24.3 Å². The molecule has 0 aromatic heterocycles. The number of rotatable bonds is 4. The second-order valence-corrected chi connectivity index (χ2v) is 7.54. The second-order valence-electron chi connectivity index (χ2n) is 4.07. The lowest BCUT2D eigenvalue weighted by molar-refractivity contribution is 0.0423. The number of aliphatic imine (C=N–C) groups is 1. The van der Waals surface area contributed by atoms with Crippen molar-refractivity contribution in [1.82, 2.24) is 0 Å². The van der Waals surface area contributed by atoms with Crippen molar-refractivity contribution in [2.24, 2.45) is 15.2 Å². The molecule has 0 spiro atoms. The van der Waals surface area contributed by atoms with Gasteiger partial charge in [-0.15, -0.1) is 10.2 Å². The van der Waals surface area contributed by atoms with Crippen LogP contribution in [0.5, 0.6) is 0 Å². The van der Waals surface area contributed by atoms with Crippen LogP contribution in [-0.2, 0) is 9.84 Å². The fraction of sp³-hybridized carbons (Fsp3) is 0.364. The van der Waals surface area contributed by atoms with Gasteiger partial charge in [0.15, 0.2) is 0 Å². The number of alkyl halides is 4. The summed E-state index contributed by atoms with van der Waals surface area (Å²) in [6.07, 6.45) is 0. The summed E-state index contributed by atoms with van der Waals surface area (Å²) >= 11 is 6.03. The van der Waals surface area contributed by atoms with E-state index in [1.54, 1.807) is 0 Å². The third-order valence-corrected chi connectivity index (χ3v) is 5.66. The molecule has 1 aliphatic heterocycles. The molecule has 0 bridgehead atoms. The Morgan fingerprint density at radius 3 is 2.41 bits per heavy atom. The zero-order valence-electron chi connectivity index (χ0n) is 10.8. The Kier molecular flexibility index (Phi) is 5.13. The molecule has 0 fully saturated rings. The van der Waals surface area contributed by atoms with Crippen molar-refractivity contribution in [3.8, 4) is 0 Å². The summed E-state index contributed by atoms with van der Waals surface area (Å²) in [5, 5.41) is 3.40. The van der Waals surface area contributed by atoms with Crippen LogP contribution in [0.4, 0.5) is 18.9 Å². The summed E-state index contributed by atoms with van der Waals surface area (Å²) in [7, 11) is -5.23. The monoisotopic (exact) mass is 371 g/mol. The molecule has 0 radical (unpaired) electrons. The highest BCUT2D eigenvalue weighted by molar-refractivity contribution is 8.14. The first-order valence-electron chi connectivity index (χ1n) is 5.85. The summed E-state index contributed by atoms with van der Waals surface area (Å²) in [6, 6.07) is 4.13. The molecule has 5 nitrogen and oxygen atoms in total. The number of amidine groups is 1. The van der Waals surface area contributed by atoms with Crippen LogP contribution in [0.1, 0.15) is 0 Å². The Balaban J connectivity index is 2.21. The van der Waals surface area contributed by atoms with Crippen LogP contribution >= 0.6 is 23.4 Å². The largest absolute Gasteiger partial charge is 0.393 e. The fourth-order valence-corrected chi connectivity index (χ4v) is 3.49. The standard InChI is InChI=1S/C11H9ClF3N3O2S2/c12-9(13)11(14,15)22(19,20)8-3-1-7(2-4-8)17-18-10-16-5-6-21-10/h1-4,9H,5-6H2/b18-17+. The summed E-state index contributed by atoms with van der Waals surface area (Å²) < 4.78 is 62.5. The molecule has 1 aliphatic rings. The van der Waals surface area contributed by atoms with Gasteiger partial charge in [-0.05, 0) is 24.3 Å². The number of hydrogen-bond donors (Lipinski definition) is 0. The van der Waals surface area contributed by atoms with Gasteiger partial charge >= 0.3 is 5.25 Å². The van der Waals surface area contributed by atoms with E-state index >= 15 is 0 Å². The zero-order chi connectivity index (χ0) is 16.4. The minimum absolute atomic E-state index is 0.250. The van der Waals surface area contributed by atoms with Gasteiger partial charge in [0.1, 0.15) is 0 Å². The lowest BCUT2D eigenvalue weighted by Gasteiger charge is -2.16. The third-order valence-electron chi connectivity index (χ3n) is 2.58. The van der Waals surface area contributed by atoms with E-state index in [2.05, 4.69) is 26.8 Å². The smallest absolute Gasteiger partial charge is 0.258 e. The second kappa shape index (κ2) is 6.55. The van der Waals surface area contributed by atoms with E-state index in [-0.39, 0.29) is 5.69 Å². The van der Waals surface area contributed by atoms with Crippen LogP contribution in [0.2, 0.25) is 0 Å². The first-order chi connectivity index (χ1) is 10.2. The predicted molar refractivity (Wildman–Crippen MR) is 78.6 cm³/mol. The molecule has 0 amide bonds. The van der Waals surface area contributed by atoms with E-state index < -0.39 is 25.6 Å². The molecule has 0 N–H and O–H groups in total. The minimum atomic E-state index is -5.23. The number of halogens is 4. The molecule has 11 heteroatoms. The van der Waals surface area contributed by atoms with Gasteiger partial charge in [-0.25, -0.2) is 12.8 Å². The molecule has 22 heavy (non-hydrogen) atoms. The molecule has 1 atom stereocenters. The summed E-state index contributed by atoms with van der Waals surface area (Å²) in [6.45, 7) is 0.647. The number of sulfone groups is 1. The van der Waals surface area contributed by atoms with Crippen LogP contribution < -0.4 is 0 Å². The van der Waals surface area contributed by atoms with E-state index in [0.717, 1.165) is 17.9 Å². The van der Waals surface area contributed by atoms with Crippen LogP contribution in [0, 0.1) is 0 Å². The van der Waals surface area contributed by atoms with E-state index in [9.17, 15) is 21.6 Å². The molecule has 1 aromatic rings. The Bertz CT molecular complexity index is 706. The van der Waals surface area contributed by atoms with E-state index in [0.29, 0.717) is 11.7 Å². The van der Waals surface area contributed by atoms with Crippen molar-refractivity contribution in [1.29, 1.82) is 0 Å². The maximum Gasteiger partial charge on any atom is 0.393 e. The van der Waals surface area contributed by atoms with Gasteiger partial charge in [0.2, 0.25) is 15.0 Å². The number of hydrogen-bond acceptors (Lipinski definition) is 6. The van der Waals surface area contributed by atoms with Crippen LogP contribution in [0.25, 0.3) is 0 Å². The zero-order valence-corrected chi connectivity index (χ0v) is 13.2. The Hall–Kier alpha value is -1.13. The van der Waals surface area contributed by atoms with Crippen molar-refractivity contribution in [2.75, 3.05) is 12.3 Å². The molecule has 0 saturated carbocycles. The van der Waals surface area contributed by atoms with Crippen LogP contribution in [0.3, 0.4) is 0 Å². The lowest BCUT2D eigenvalue weighted by atomic mass is 10.3. The van der Waals surface area contributed by atoms with E-state index in [1.165, 1.54) is 23.9 Å².